The fourth-order valence-electron chi connectivity index (χ4n) is 4.16. The number of nitrogen functional groups attached to an aromatic ring is 1. The van der Waals surface area contributed by atoms with Gasteiger partial charge < -0.3 is 10.6 Å². The highest BCUT2D eigenvalue weighted by Crippen LogP contribution is 2.29. The summed E-state index contributed by atoms with van der Waals surface area (Å²) in [7, 11) is 2.00. The van der Waals surface area contributed by atoms with Gasteiger partial charge in [0.15, 0.2) is 0 Å². The third-order valence-electron chi connectivity index (χ3n) is 5.53. The summed E-state index contributed by atoms with van der Waals surface area (Å²) in [6.07, 6.45) is 8.03. The van der Waals surface area contributed by atoms with Gasteiger partial charge in [-0.2, -0.15) is 0 Å². The Labute approximate surface area is 151 Å². The number of likely N-dealkylation sites (N-methyl/N-ethyl adjacent to an activating group) is 1. The standard InChI is InChI=1S/C19H29N3O.ClH/c1-21(19(23)14-15-8-10-16(20)11-9-15)17-6-2-3-7-18(17)22-12-4-5-13-22;/h8-11,17-18H,2-7,12-14,20H2,1H3;1H/t17-,18-;/m1./s1. The van der Waals surface area contributed by atoms with E-state index in [0.717, 1.165) is 17.7 Å². The van der Waals surface area contributed by atoms with Crippen molar-refractivity contribution >= 4 is 24.0 Å². The Morgan fingerprint density at radius 1 is 1.12 bits per heavy atom. The second-order valence-corrected chi connectivity index (χ2v) is 7.09. The molecule has 1 aliphatic carbocycles. The van der Waals surface area contributed by atoms with Gasteiger partial charge in [-0.3, -0.25) is 9.69 Å². The highest BCUT2D eigenvalue weighted by atomic mass is 35.5. The van der Waals surface area contributed by atoms with Gasteiger partial charge in [-0.1, -0.05) is 25.0 Å². The van der Waals surface area contributed by atoms with Crippen molar-refractivity contribution in [2.45, 2.75) is 57.0 Å². The summed E-state index contributed by atoms with van der Waals surface area (Å²) in [5.74, 6) is 0.228. The molecule has 0 spiro atoms. The van der Waals surface area contributed by atoms with Crippen LogP contribution in [0.4, 0.5) is 5.69 Å². The lowest BCUT2D eigenvalue weighted by atomic mass is 9.88. The second-order valence-electron chi connectivity index (χ2n) is 7.09. The van der Waals surface area contributed by atoms with Gasteiger partial charge in [-0.05, 0) is 56.5 Å². The van der Waals surface area contributed by atoms with Crippen LogP contribution in [0.5, 0.6) is 0 Å². The molecule has 1 saturated heterocycles. The van der Waals surface area contributed by atoms with E-state index in [1.807, 2.05) is 36.2 Å². The Morgan fingerprint density at radius 2 is 1.75 bits per heavy atom. The summed E-state index contributed by atoms with van der Waals surface area (Å²) in [5, 5.41) is 0. The zero-order valence-corrected chi connectivity index (χ0v) is 15.4. The van der Waals surface area contributed by atoms with E-state index in [0.29, 0.717) is 18.5 Å². The molecule has 1 amide bonds. The maximum absolute atomic E-state index is 12.7. The molecule has 0 unspecified atom stereocenters. The maximum atomic E-state index is 12.7. The number of carbonyl (C=O) groups excluding carboxylic acids is 1. The zero-order chi connectivity index (χ0) is 16.2. The summed E-state index contributed by atoms with van der Waals surface area (Å²) < 4.78 is 0. The Hall–Kier alpha value is -1.26. The minimum atomic E-state index is 0. The smallest absolute Gasteiger partial charge is 0.227 e. The first-order chi connectivity index (χ1) is 11.1. The van der Waals surface area contributed by atoms with E-state index < -0.39 is 0 Å². The largest absolute Gasteiger partial charge is 0.399 e. The molecule has 134 valence electrons. The predicted octanol–water partition coefficient (Wildman–Crippen LogP) is 3.10. The first-order valence-corrected chi connectivity index (χ1v) is 8.99. The van der Waals surface area contributed by atoms with E-state index in [4.69, 9.17) is 5.73 Å². The summed E-state index contributed by atoms with van der Waals surface area (Å²) >= 11 is 0. The molecule has 0 aromatic heterocycles. The summed E-state index contributed by atoms with van der Waals surface area (Å²) in [5.41, 5.74) is 7.51. The van der Waals surface area contributed by atoms with E-state index in [-0.39, 0.29) is 18.3 Å². The van der Waals surface area contributed by atoms with Crippen molar-refractivity contribution in [3.05, 3.63) is 29.8 Å². The molecule has 1 saturated carbocycles. The summed E-state index contributed by atoms with van der Waals surface area (Å²) in [6.45, 7) is 2.42. The van der Waals surface area contributed by atoms with Crippen LogP contribution in [0.25, 0.3) is 0 Å². The van der Waals surface area contributed by atoms with Gasteiger partial charge in [0.2, 0.25) is 5.91 Å². The summed E-state index contributed by atoms with van der Waals surface area (Å²) in [6, 6.07) is 8.60. The zero-order valence-electron chi connectivity index (χ0n) is 14.6. The van der Waals surface area contributed by atoms with Crippen molar-refractivity contribution in [2.75, 3.05) is 25.9 Å². The monoisotopic (exact) mass is 351 g/mol. The summed E-state index contributed by atoms with van der Waals surface area (Å²) in [4.78, 5) is 17.4. The highest BCUT2D eigenvalue weighted by molar-refractivity contribution is 5.85. The van der Waals surface area contributed by atoms with E-state index in [1.54, 1.807) is 0 Å². The Balaban J connectivity index is 0.00000208. The number of likely N-dealkylation sites (tertiary alicyclic amines) is 1. The topological polar surface area (TPSA) is 49.6 Å². The number of halogens is 1. The molecule has 2 N–H and O–H groups in total. The molecule has 24 heavy (non-hydrogen) atoms. The van der Waals surface area contributed by atoms with Gasteiger partial charge >= 0.3 is 0 Å². The fourth-order valence-corrected chi connectivity index (χ4v) is 4.16. The average molecular weight is 352 g/mol. The number of anilines is 1. The van der Waals surface area contributed by atoms with Gasteiger partial charge in [0, 0.05) is 24.8 Å². The Bertz CT molecular complexity index is 528. The van der Waals surface area contributed by atoms with Crippen molar-refractivity contribution in [1.82, 2.24) is 9.80 Å². The minimum Gasteiger partial charge on any atom is -0.399 e. The fraction of sp³-hybridized carbons (Fsp3) is 0.632. The lowest BCUT2D eigenvalue weighted by Crippen LogP contribution is -2.53. The first kappa shape index (κ1) is 19.1. The number of rotatable bonds is 4. The molecular formula is C19H30ClN3O. The molecule has 4 nitrogen and oxygen atoms in total. The third-order valence-corrected chi connectivity index (χ3v) is 5.53. The number of nitrogens with two attached hydrogens (primary N) is 1. The van der Waals surface area contributed by atoms with Crippen LogP contribution in [0.3, 0.4) is 0 Å². The second kappa shape index (κ2) is 8.72. The molecule has 1 heterocycles. The molecule has 0 radical (unpaired) electrons. The molecule has 2 atom stereocenters. The maximum Gasteiger partial charge on any atom is 0.227 e. The van der Waals surface area contributed by atoms with Gasteiger partial charge in [-0.15, -0.1) is 12.4 Å². The number of hydrogen-bond donors (Lipinski definition) is 1. The molecule has 1 aliphatic heterocycles. The number of nitrogens with zero attached hydrogens (tertiary/aromatic N) is 2. The van der Waals surface area contributed by atoms with Crippen molar-refractivity contribution < 1.29 is 4.79 Å². The van der Waals surface area contributed by atoms with Crippen LogP contribution in [0, 0.1) is 0 Å². The Kier molecular flexibility index (Phi) is 6.93. The average Bonchev–Trinajstić information content (AvgIpc) is 3.10. The van der Waals surface area contributed by atoms with Crippen molar-refractivity contribution in [2.24, 2.45) is 0 Å². The molecule has 1 aromatic carbocycles. The van der Waals surface area contributed by atoms with E-state index in [1.165, 1.54) is 45.2 Å². The Morgan fingerprint density at radius 3 is 2.42 bits per heavy atom. The molecule has 1 aromatic rings. The van der Waals surface area contributed by atoms with Crippen LogP contribution >= 0.6 is 12.4 Å². The predicted molar refractivity (Wildman–Crippen MR) is 101 cm³/mol. The van der Waals surface area contributed by atoms with Gasteiger partial charge in [0.1, 0.15) is 0 Å². The molecule has 2 aliphatic rings. The quantitative estimate of drug-likeness (QED) is 0.848. The number of carbonyl (C=O) groups is 1. The van der Waals surface area contributed by atoms with Gasteiger partial charge in [-0.25, -0.2) is 0 Å². The van der Waals surface area contributed by atoms with Crippen LogP contribution in [-0.2, 0) is 11.2 Å². The molecule has 5 heteroatoms. The first-order valence-electron chi connectivity index (χ1n) is 8.99. The van der Waals surface area contributed by atoms with Crippen LogP contribution in [0.1, 0.15) is 44.1 Å². The molecule has 2 fully saturated rings. The van der Waals surface area contributed by atoms with E-state index in [9.17, 15) is 4.79 Å². The lowest BCUT2D eigenvalue weighted by molar-refractivity contribution is -0.133. The molecule has 0 bridgehead atoms. The van der Waals surface area contributed by atoms with E-state index >= 15 is 0 Å². The minimum absolute atomic E-state index is 0. The van der Waals surface area contributed by atoms with Gasteiger partial charge in [0.05, 0.1) is 6.42 Å². The van der Waals surface area contributed by atoms with Crippen LogP contribution in [-0.4, -0.2) is 47.9 Å². The van der Waals surface area contributed by atoms with Crippen LogP contribution in [0.2, 0.25) is 0 Å². The normalized spacial score (nSPS) is 24.4. The van der Waals surface area contributed by atoms with Crippen LogP contribution in [0.15, 0.2) is 24.3 Å². The van der Waals surface area contributed by atoms with Crippen molar-refractivity contribution in [3.8, 4) is 0 Å². The highest BCUT2D eigenvalue weighted by Gasteiger charge is 2.35. The number of benzene rings is 1. The molecule has 3 rings (SSSR count). The van der Waals surface area contributed by atoms with E-state index in [2.05, 4.69) is 4.90 Å². The van der Waals surface area contributed by atoms with Gasteiger partial charge in [0.25, 0.3) is 0 Å². The number of hydrogen-bond acceptors (Lipinski definition) is 3. The SMILES string of the molecule is CN(C(=O)Cc1ccc(N)cc1)[C@@H]1CCCC[C@H]1N1CCCC1.Cl. The lowest BCUT2D eigenvalue weighted by Gasteiger charge is -2.42. The van der Waals surface area contributed by atoms with Crippen molar-refractivity contribution in [3.63, 3.8) is 0 Å². The third kappa shape index (κ3) is 4.42. The van der Waals surface area contributed by atoms with Crippen LogP contribution < -0.4 is 5.73 Å². The van der Waals surface area contributed by atoms with Crippen molar-refractivity contribution in [1.29, 1.82) is 0 Å². The molecular weight excluding hydrogens is 322 g/mol. The number of amides is 1.